The molecule has 0 amide bonds. The summed E-state index contributed by atoms with van der Waals surface area (Å²) in [5.74, 6) is 0. The van der Waals surface area contributed by atoms with Gasteiger partial charge in [-0.2, -0.15) is 4.33 Å². The van der Waals surface area contributed by atoms with Gasteiger partial charge in [0, 0.05) is 4.90 Å². The summed E-state index contributed by atoms with van der Waals surface area (Å²) < 4.78 is 37.6. The second-order valence-electron chi connectivity index (χ2n) is 3.10. The van der Waals surface area contributed by atoms with Gasteiger partial charge in [0.2, 0.25) is 0 Å². The van der Waals surface area contributed by atoms with Gasteiger partial charge < -0.3 is 19.8 Å². The summed E-state index contributed by atoms with van der Waals surface area (Å²) in [6.07, 6.45) is 0. The Morgan fingerprint density at radius 2 is 1.90 bits per heavy atom. The van der Waals surface area contributed by atoms with Crippen LogP contribution in [0.1, 0.15) is 0 Å². The van der Waals surface area contributed by atoms with Gasteiger partial charge in [-0.15, -0.1) is 0 Å². The van der Waals surface area contributed by atoms with Gasteiger partial charge in [-0.3, -0.25) is 5.04 Å². The van der Waals surface area contributed by atoms with E-state index in [1.165, 1.54) is 6.07 Å². The van der Waals surface area contributed by atoms with Gasteiger partial charge in [0.25, 0.3) is 0 Å². The number of fused-ring (bicyclic) bond motifs is 1. The molecule has 13 heteroatoms. The Bertz CT molecular complexity index is 743. The quantitative estimate of drug-likeness (QED) is 0.139. The first kappa shape index (κ1) is 21.0. The summed E-state index contributed by atoms with van der Waals surface area (Å²) in [7, 11) is -4.70. The predicted molar refractivity (Wildman–Crippen MR) is 59.5 cm³/mol. The molecule has 0 unspecified atom stereocenters. The second-order valence-corrected chi connectivity index (χ2v) is 5.63. The third-order valence-corrected chi connectivity index (χ3v) is 3.61. The number of imidazole rings is 1. The minimum atomic E-state index is -4.70. The fourth-order valence-electron chi connectivity index (χ4n) is 1.38. The van der Waals surface area contributed by atoms with Crippen molar-refractivity contribution in [3.63, 3.8) is 0 Å². The van der Waals surface area contributed by atoms with Crippen molar-refractivity contribution in [2.75, 3.05) is 0 Å². The van der Waals surface area contributed by atoms with Crippen molar-refractivity contribution in [3.8, 4) is 0 Å². The van der Waals surface area contributed by atoms with Gasteiger partial charge in [0.15, 0.2) is 4.77 Å². The van der Waals surface area contributed by atoms with Crippen LogP contribution >= 0.6 is 24.3 Å². The number of H-pyrrole nitrogens is 2. The normalized spacial score (nSPS) is 10.9. The zero-order chi connectivity index (χ0) is 13.3. The van der Waals surface area contributed by atoms with E-state index in [1.54, 1.807) is 0 Å². The number of hydrogen-bond acceptors (Lipinski definition) is 8. The van der Waals surface area contributed by atoms with Gasteiger partial charge in [0.05, 0.1) is 28.0 Å². The van der Waals surface area contributed by atoms with Gasteiger partial charge in [0.1, 0.15) is 10.1 Å². The van der Waals surface area contributed by atoms with Crippen LogP contribution in [0.25, 0.3) is 11.0 Å². The molecule has 0 saturated heterocycles. The fourth-order valence-corrected chi connectivity index (χ4v) is 2.79. The van der Waals surface area contributed by atoms with Crippen molar-refractivity contribution in [1.82, 2.24) is 9.97 Å². The number of nitrogens with one attached hydrogen (secondary N) is 2. The number of rotatable bonds is 4. The van der Waals surface area contributed by atoms with Crippen LogP contribution in [0.2, 0.25) is 0 Å². The summed E-state index contributed by atoms with van der Waals surface area (Å²) in [4.78, 5) is 4.91. The van der Waals surface area contributed by atoms with Gasteiger partial charge in [-0.25, -0.2) is 8.42 Å². The summed E-state index contributed by atoms with van der Waals surface area (Å²) in [5.41, 5.74) is 0.372. The second kappa shape index (κ2) is 8.62. The van der Waals surface area contributed by atoms with Crippen LogP contribution in [0.15, 0.2) is 21.9 Å². The molecule has 0 radical (unpaired) electrons. The molecule has 1 aromatic carbocycles. The summed E-state index contributed by atoms with van der Waals surface area (Å²) in [5, 5.41) is 12.8. The van der Waals surface area contributed by atoms with Crippen molar-refractivity contribution in [3.05, 3.63) is 16.9 Å². The zero-order valence-corrected chi connectivity index (χ0v) is 16.8. The van der Waals surface area contributed by atoms with E-state index in [0.717, 1.165) is 6.07 Å². The number of aromatic amines is 2. The molecule has 20 heavy (non-hydrogen) atoms. The Hall–Kier alpha value is 1.05. The topological polar surface area (TPSA) is 130 Å². The van der Waals surface area contributed by atoms with Crippen molar-refractivity contribution in [2.24, 2.45) is 0 Å². The molecule has 8 nitrogen and oxygen atoms in total. The smallest absolute Gasteiger partial charge is 0.744 e. The monoisotopic (exact) mass is 354 g/mol. The van der Waals surface area contributed by atoms with Crippen molar-refractivity contribution < 1.29 is 86.7 Å². The molecule has 1 heterocycles. The third kappa shape index (κ3) is 5.05. The Morgan fingerprint density at radius 1 is 1.25 bits per heavy atom. The predicted octanol–water partition coefficient (Wildman–Crippen LogP) is -5.63. The summed E-state index contributed by atoms with van der Waals surface area (Å²) in [6.45, 7) is 0. The van der Waals surface area contributed by atoms with E-state index in [9.17, 15) is 18.2 Å². The van der Waals surface area contributed by atoms with Gasteiger partial charge >= 0.3 is 59.1 Å². The Morgan fingerprint density at radius 3 is 2.45 bits per heavy atom. The maximum atomic E-state index is 11.1. The largest absolute Gasteiger partial charge is 1.00 e. The number of benzene rings is 1. The van der Waals surface area contributed by atoms with Gasteiger partial charge in [-0.05, 0) is 24.4 Å². The van der Waals surface area contributed by atoms with E-state index in [-0.39, 0.29) is 74.3 Å². The fraction of sp³-hybridized carbons (Fsp3) is 0. The van der Waals surface area contributed by atoms with Crippen LogP contribution in [-0.4, -0.2) is 22.9 Å². The molecule has 0 aliphatic heterocycles. The molecule has 2 rings (SSSR count). The minimum absolute atomic E-state index is 0. The molecule has 0 aliphatic carbocycles. The van der Waals surface area contributed by atoms with Crippen LogP contribution in [0.3, 0.4) is 0 Å². The van der Waals surface area contributed by atoms with Gasteiger partial charge in [-0.1, -0.05) is 0 Å². The van der Waals surface area contributed by atoms with Crippen molar-refractivity contribution >= 4 is 45.4 Å². The Balaban J connectivity index is 0.00000180. The zero-order valence-electron chi connectivity index (χ0n) is 10.3. The van der Waals surface area contributed by atoms with Crippen LogP contribution in [0.4, 0.5) is 0 Å². The molecule has 0 spiro atoms. The van der Waals surface area contributed by atoms with Crippen LogP contribution < -0.4 is 64.4 Å². The minimum Gasteiger partial charge on any atom is -0.744 e. The first-order valence-corrected chi connectivity index (χ1v) is 6.83. The van der Waals surface area contributed by atoms with E-state index in [4.69, 9.17) is 12.2 Å². The van der Waals surface area contributed by atoms with Crippen molar-refractivity contribution in [1.29, 1.82) is 0 Å². The molecule has 2 aromatic rings. The molecular formula is C7H4N2Na2O6S3. The number of hydrogen-bond donors (Lipinski definition) is 2. The molecule has 98 valence electrons. The standard InChI is InChI=1S/C7H6N2O6S3.2Na/c10-14-15-17-3-1-4-6(9-7(16)8-4)5(2-3)18(11,12)13;;/h1-2,10H,(H2,8,9,16)(H,11,12,13);;/q;2*+1/p-2. The molecular weight excluding hydrogens is 350 g/mol. The maximum absolute atomic E-state index is 11.1. The summed E-state index contributed by atoms with van der Waals surface area (Å²) in [6, 6.07) is 2.49. The first-order valence-electron chi connectivity index (χ1n) is 4.27. The van der Waals surface area contributed by atoms with E-state index < -0.39 is 15.0 Å². The molecule has 2 N–H and O–H groups in total. The maximum Gasteiger partial charge on any atom is 1.00 e. The third-order valence-electron chi connectivity index (χ3n) is 1.99. The van der Waals surface area contributed by atoms with Crippen LogP contribution in [0, 0.1) is 4.77 Å². The van der Waals surface area contributed by atoms with Crippen LogP contribution in [0.5, 0.6) is 0 Å². The van der Waals surface area contributed by atoms with Crippen LogP contribution in [-0.2, 0) is 19.5 Å². The average molecular weight is 354 g/mol. The molecule has 1 aromatic heterocycles. The van der Waals surface area contributed by atoms with E-state index in [1.807, 2.05) is 0 Å². The Labute approximate surface area is 167 Å². The summed E-state index contributed by atoms with van der Waals surface area (Å²) >= 11 is 5.27. The first-order chi connectivity index (χ1) is 8.41. The average Bonchev–Trinajstić information content (AvgIpc) is 2.63. The molecule has 0 aliphatic rings. The number of aromatic nitrogens is 2. The van der Waals surface area contributed by atoms with E-state index >= 15 is 0 Å². The van der Waals surface area contributed by atoms with Crippen molar-refractivity contribution in [2.45, 2.75) is 9.79 Å². The molecule has 0 atom stereocenters. The molecule has 0 bridgehead atoms. The molecule has 0 fully saturated rings. The van der Waals surface area contributed by atoms with E-state index in [2.05, 4.69) is 19.3 Å². The Kier molecular flexibility index (Phi) is 9.07. The van der Waals surface area contributed by atoms with E-state index in [0.29, 0.717) is 17.6 Å². The SMILES string of the molecule is O=S(=O)([O-])c1cc(SOO[O-])cc2[nH]c(=S)[nH]c12.[Na+].[Na+]. The molecule has 0 saturated carbocycles.